The van der Waals surface area contributed by atoms with Gasteiger partial charge in [0.05, 0.1) is 0 Å². The first-order chi connectivity index (χ1) is 12.6. The molecule has 2 heterocycles. The first kappa shape index (κ1) is 20.0. The van der Waals surface area contributed by atoms with E-state index in [1.54, 1.807) is 6.08 Å². The van der Waals surface area contributed by atoms with Gasteiger partial charge in [0.25, 0.3) is 0 Å². The topological polar surface area (TPSA) is 70.8 Å². The molecule has 2 aliphatic heterocycles. The highest BCUT2D eigenvalue weighted by Crippen LogP contribution is 2.43. The molecule has 0 aromatic carbocycles. The van der Waals surface area contributed by atoms with Crippen LogP contribution < -0.4 is 11.1 Å². The van der Waals surface area contributed by atoms with E-state index in [1.165, 1.54) is 0 Å². The Morgan fingerprint density at radius 1 is 1.48 bits per heavy atom. The summed E-state index contributed by atoms with van der Waals surface area (Å²) in [4.78, 5) is 2.08. The van der Waals surface area contributed by atoms with Crippen LogP contribution in [0.2, 0.25) is 0 Å². The highest BCUT2D eigenvalue weighted by atomic mass is 19.1. The molecule has 0 amide bonds. The lowest BCUT2D eigenvalue weighted by atomic mass is 9.78. The molecule has 0 spiro atoms. The third-order valence-electron chi connectivity index (χ3n) is 5.56. The lowest BCUT2D eigenvalue weighted by molar-refractivity contribution is 0.133. The minimum absolute atomic E-state index is 0.112. The molecule has 1 saturated heterocycles. The van der Waals surface area contributed by atoms with Crippen LogP contribution >= 0.6 is 0 Å². The number of halogens is 1. The summed E-state index contributed by atoms with van der Waals surface area (Å²) in [6, 6.07) is 0. The number of likely N-dealkylation sites (N-methyl/N-ethyl adjacent to an activating group) is 1. The van der Waals surface area contributed by atoms with E-state index < -0.39 is 11.8 Å². The van der Waals surface area contributed by atoms with Gasteiger partial charge in [-0.2, -0.15) is 0 Å². The van der Waals surface area contributed by atoms with Crippen molar-refractivity contribution in [2.75, 3.05) is 20.2 Å². The number of nitrogens with two attached hydrogens (primary N) is 1. The van der Waals surface area contributed by atoms with Crippen LogP contribution in [0.4, 0.5) is 4.39 Å². The Kier molecular flexibility index (Phi) is 5.41. The Morgan fingerprint density at radius 3 is 2.85 bits per heavy atom. The van der Waals surface area contributed by atoms with Crippen LogP contribution in [0.1, 0.15) is 40.5 Å². The molecular formula is C21H32FN3O2. The minimum Gasteiger partial charge on any atom is -0.489 e. The Labute approximate surface area is 161 Å². The molecule has 0 bridgehead atoms. The van der Waals surface area contributed by atoms with E-state index in [4.69, 9.17) is 10.5 Å². The molecule has 3 unspecified atom stereocenters. The molecule has 3 aliphatic rings. The normalized spacial score (nSPS) is 27.5. The molecule has 6 heteroatoms. The van der Waals surface area contributed by atoms with E-state index in [0.29, 0.717) is 5.92 Å². The van der Waals surface area contributed by atoms with Crippen LogP contribution in [0.25, 0.3) is 0 Å². The molecule has 1 aliphatic carbocycles. The molecule has 3 atom stereocenters. The smallest absolute Gasteiger partial charge is 0.152 e. The number of hydrogen-bond acceptors (Lipinski definition) is 5. The van der Waals surface area contributed by atoms with E-state index in [-0.39, 0.29) is 30.5 Å². The second-order valence-corrected chi connectivity index (χ2v) is 8.75. The molecule has 0 radical (unpaired) electrons. The number of allylic oxidation sites excluding steroid dienone is 4. The summed E-state index contributed by atoms with van der Waals surface area (Å²) in [7, 11) is 1.99. The van der Waals surface area contributed by atoms with E-state index in [0.717, 1.165) is 35.5 Å². The average Bonchev–Trinajstić information content (AvgIpc) is 2.55. The predicted molar refractivity (Wildman–Crippen MR) is 105 cm³/mol. The number of ether oxygens (including phenoxy) is 1. The zero-order valence-electron chi connectivity index (χ0n) is 17.0. The van der Waals surface area contributed by atoms with Gasteiger partial charge in [0.1, 0.15) is 12.4 Å². The molecule has 3 rings (SSSR count). The van der Waals surface area contributed by atoms with Crippen molar-refractivity contribution >= 4 is 0 Å². The standard InChI is InChI=1S/C21H32FN3O2/c1-12(2)10-21(4,23)11-27-18-9-17-15(8-16(18)22)14-6-7-25(5)13(3)19(14)20(26)24-17/h6,9,12,15,20,24,26H,7-8,10-11,23H2,1-5H3. The van der Waals surface area contributed by atoms with Crippen molar-refractivity contribution in [3.8, 4) is 0 Å². The monoisotopic (exact) mass is 377 g/mol. The highest BCUT2D eigenvalue weighted by Gasteiger charge is 2.39. The number of aliphatic hydroxyl groups excluding tert-OH is 1. The van der Waals surface area contributed by atoms with Gasteiger partial charge in [0.15, 0.2) is 12.0 Å². The zero-order valence-corrected chi connectivity index (χ0v) is 17.0. The van der Waals surface area contributed by atoms with Gasteiger partial charge in [-0.05, 0) is 31.8 Å². The third kappa shape index (κ3) is 4.06. The van der Waals surface area contributed by atoms with E-state index in [2.05, 4.69) is 30.1 Å². The summed E-state index contributed by atoms with van der Waals surface area (Å²) in [5.41, 5.74) is 9.46. The molecule has 150 valence electrons. The number of piperidine rings is 1. The van der Waals surface area contributed by atoms with Gasteiger partial charge >= 0.3 is 0 Å². The van der Waals surface area contributed by atoms with Crippen molar-refractivity contribution < 1.29 is 14.2 Å². The number of aliphatic hydroxyl groups is 1. The van der Waals surface area contributed by atoms with Crippen molar-refractivity contribution in [3.63, 3.8) is 0 Å². The Morgan fingerprint density at radius 2 is 2.19 bits per heavy atom. The van der Waals surface area contributed by atoms with E-state index >= 15 is 0 Å². The first-order valence-electron chi connectivity index (χ1n) is 9.68. The van der Waals surface area contributed by atoms with Crippen LogP contribution in [0, 0.1) is 11.8 Å². The maximum Gasteiger partial charge on any atom is 0.152 e. The lowest BCUT2D eigenvalue weighted by Gasteiger charge is -2.41. The average molecular weight is 378 g/mol. The number of fused-ring (bicyclic) bond motifs is 3. The maximum atomic E-state index is 14.8. The van der Waals surface area contributed by atoms with Gasteiger partial charge in [-0.25, -0.2) is 4.39 Å². The molecule has 0 aromatic rings. The lowest BCUT2D eigenvalue weighted by Crippen LogP contribution is -2.45. The van der Waals surface area contributed by atoms with Gasteiger partial charge in [0, 0.05) is 54.5 Å². The summed E-state index contributed by atoms with van der Waals surface area (Å²) in [5, 5.41) is 13.7. The van der Waals surface area contributed by atoms with Crippen LogP contribution in [-0.4, -0.2) is 42.0 Å². The Bertz CT molecular complexity index is 734. The fraction of sp³-hybridized carbons (Fsp3) is 0.619. The molecular weight excluding hydrogens is 345 g/mol. The highest BCUT2D eigenvalue weighted by molar-refractivity contribution is 5.50. The van der Waals surface area contributed by atoms with Gasteiger partial charge in [-0.15, -0.1) is 0 Å². The van der Waals surface area contributed by atoms with Crippen molar-refractivity contribution in [1.29, 1.82) is 0 Å². The molecule has 1 fully saturated rings. The summed E-state index contributed by atoms with van der Waals surface area (Å²) in [6.45, 7) is 9.14. The van der Waals surface area contributed by atoms with Crippen molar-refractivity contribution in [3.05, 3.63) is 46.3 Å². The van der Waals surface area contributed by atoms with Gasteiger partial charge < -0.3 is 25.8 Å². The summed E-state index contributed by atoms with van der Waals surface area (Å²) in [6.07, 6.45) is 4.00. The van der Waals surface area contributed by atoms with Crippen LogP contribution in [0.3, 0.4) is 0 Å². The molecule has 27 heavy (non-hydrogen) atoms. The first-order valence-corrected chi connectivity index (χ1v) is 9.68. The fourth-order valence-corrected chi connectivity index (χ4v) is 4.30. The fourth-order valence-electron chi connectivity index (χ4n) is 4.30. The van der Waals surface area contributed by atoms with E-state index in [1.807, 2.05) is 20.9 Å². The molecule has 5 nitrogen and oxygen atoms in total. The molecule has 0 saturated carbocycles. The number of rotatable bonds is 5. The largest absolute Gasteiger partial charge is 0.489 e. The van der Waals surface area contributed by atoms with Gasteiger partial charge in [-0.1, -0.05) is 19.9 Å². The van der Waals surface area contributed by atoms with Crippen molar-refractivity contribution in [2.45, 2.75) is 52.3 Å². The zero-order chi connectivity index (χ0) is 19.9. The Balaban J connectivity index is 1.79. The number of nitrogens with zero attached hydrogens (tertiary/aromatic N) is 1. The second-order valence-electron chi connectivity index (χ2n) is 8.75. The van der Waals surface area contributed by atoms with Gasteiger partial charge in [-0.3, -0.25) is 0 Å². The predicted octanol–water partition coefficient (Wildman–Crippen LogP) is 2.92. The molecule has 0 aromatic heterocycles. The molecule has 4 N–H and O–H groups in total. The number of hydrogen-bond donors (Lipinski definition) is 3. The summed E-state index contributed by atoms with van der Waals surface area (Å²) >= 11 is 0. The minimum atomic E-state index is -0.801. The van der Waals surface area contributed by atoms with Crippen LogP contribution in [0.5, 0.6) is 0 Å². The SMILES string of the molecule is CC1=C2C(=CCN1C)C1CC(F)=C(OCC(C)(N)CC(C)C)C=C1NC2O. The third-order valence-corrected chi connectivity index (χ3v) is 5.56. The van der Waals surface area contributed by atoms with Crippen molar-refractivity contribution in [1.82, 2.24) is 10.2 Å². The summed E-state index contributed by atoms with van der Waals surface area (Å²) in [5.74, 6) is 0.286. The van der Waals surface area contributed by atoms with Crippen LogP contribution in [0.15, 0.2) is 46.3 Å². The summed E-state index contributed by atoms with van der Waals surface area (Å²) < 4.78 is 20.6. The van der Waals surface area contributed by atoms with Gasteiger partial charge in [0.2, 0.25) is 0 Å². The van der Waals surface area contributed by atoms with E-state index in [9.17, 15) is 9.50 Å². The quantitative estimate of drug-likeness (QED) is 0.687. The number of nitrogens with one attached hydrogen (secondary N) is 1. The second kappa shape index (κ2) is 7.32. The van der Waals surface area contributed by atoms with Crippen molar-refractivity contribution in [2.24, 2.45) is 17.6 Å². The van der Waals surface area contributed by atoms with Crippen LogP contribution in [-0.2, 0) is 4.74 Å². The Hall–Kier alpha value is -1.79. The maximum absolute atomic E-state index is 14.8.